The second-order valence-corrected chi connectivity index (χ2v) is 6.84. The van der Waals surface area contributed by atoms with Gasteiger partial charge in [-0.15, -0.1) is 0 Å². The van der Waals surface area contributed by atoms with Crippen molar-refractivity contribution in [2.24, 2.45) is 5.73 Å². The molecule has 0 unspecified atom stereocenters. The van der Waals surface area contributed by atoms with Gasteiger partial charge in [0.15, 0.2) is 0 Å². The Bertz CT molecular complexity index is 805. The molecular weight excluding hydrogens is 348 g/mol. The van der Waals surface area contributed by atoms with Crippen LogP contribution in [-0.4, -0.2) is 11.5 Å². The number of nitrogens with one attached hydrogen (secondary N) is 1. The van der Waals surface area contributed by atoms with E-state index in [-0.39, 0.29) is 0 Å². The quantitative estimate of drug-likeness (QED) is 0.557. The number of H-pyrrole nitrogens is 1. The molecule has 0 radical (unpaired) electrons. The summed E-state index contributed by atoms with van der Waals surface area (Å²) in [7, 11) is 0. The number of hydrogen-bond donors (Lipinski definition) is 2. The van der Waals surface area contributed by atoms with E-state index in [1.807, 2.05) is 0 Å². The molecule has 2 aromatic carbocycles. The molecular formula is C20H23BrN2. The SMILES string of the molecule is CCc1cccc2c(CCCCN)c(-c3cccc(Br)c3)[nH]c12. The zero-order valence-electron chi connectivity index (χ0n) is 13.5. The number of benzene rings is 2. The van der Waals surface area contributed by atoms with Gasteiger partial charge in [0.1, 0.15) is 0 Å². The van der Waals surface area contributed by atoms with Crippen LogP contribution in [0.2, 0.25) is 0 Å². The average molecular weight is 371 g/mol. The van der Waals surface area contributed by atoms with Crippen LogP contribution in [-0.2, 0) is 12.8 Å². The summed E-state index contributed by atoms with van der Waals surface area (Å²) in [5, 5.41) is 1.36. The van der Waals surface area contributed by atoms with E-state index >= 15 is 0 Å². The molecule has 0 aliphatic rings. The van der Waals surface area contributed by atoms with Crippen LogP contribution in [0, 0.1) is 0 Å². The number of para-hydroxylation sites is 1. The van der Waals surface area contributed by atoms with E-state index in [9.17, 15) is 0 Å². The molecule has 0 spiro atoms. The van der Waals surface area contributed by atoms with Gasteiger partial charge in [-0.25, -0.2) is 0 Å². The summed E-state index contributed by atoms with van der Waals surface area (Å²) in [6.07, 6.45) is 4.29. The second kappa shape index (κ2) is 7.33. The van der Waals surface area contributed by atoms with Crippen molar-refractivity contribution < 1.29 is 0 Å². The number of aromatic amines is 1. The van der Waals surface area contributed by atoms with E-state index in [4.69, 9.17) is 5.73 Å². The van der Waals surface area contributed by atoms with Gasteiger partial charge in [-0.2, -0.15) is 0 Å². The van der Waals surface area contributed by atoms with Crippen LogP contribution < -0.4 is 5.73 Å². The van der Waals surface area contributed by atoms with Crippen molar-refractivity contribution in [1.29, 1.82) is 0 Å². The van der Waals surface area contributed by atoms with Gasteiger partial charge < -0.3 is 10.7 Å². The van der Waals surface area contributed by atoms with E-state index < -0.39 is 0 Å². The standard InChI is InChI=1S/C20H23BrN2/c1-2-14-7-6-11-18-17(10-3-4-12-22)20(23-19(14)18)15-8-5-9-16(21)13-15/h5-9,11,13,23H,2-4,10,12,22H2,1H3. The zero-order chi connectivity index (χ0) is 16.2. The first-order chi connectivity index (χ1) is 11.2. The third kappa shape index (κ3) is 3.36. The van der Waals surface area contributed by atoms with Crippen molar-refractivity contribution in [3.05, 3.63) is 58.1 Å². The van der Waals surface area contributed by atoms with Crippen LogP contribution in [0.5, 0.6) is 0 Å². The maximum atomic E-state index is 5.68. The van der Waals surface area contributed by atoms with Gasteiger partial charge in [-0.05, 0) is 61.1 Å². The van der Waals surface area contributed by atoms with E-state index in [0.717, 1.165) is 36.7 Å². The average Bonchev–Trinajstić information content (AvgIpc) is 2.94. The predicted octanol–water partition coefficient (Wildman–Crippen LogP) is 5.44. The van der Waals surface area contributed by atoms with Crippen LogP contribution in [0.4, 0.5) is 0 Å². The molecule has 3 rings (SSSR count). The first-order valence-electron chi connectivity index (χ1n) is 8.33. The highest BCUT2D eigenvalue weighted by molar-refractivity contribution is 9.10. The molecule has 0 saturated carbocycles. The predicted molar refractivity (Wildman–Crippen MR) is 103 cm³/mol. The lowest BCUT2D eigenvalue weighted by atomic mass is 9.99. The van der Waals surface area contributed by atoms with Gasteiger partial charge in [0.2, 0.25) is 0 Å². The summed E-state index contributed by atoms with van der Waals surface area (Å²) in [6.45, 7) is 2.97. The molecule has 0 saturated heterocycles. The Morgan fingerprint density at radius 1 is 1.09 bits per heavy atom. The number of nitrogens with two attached hydrogens (primary N) is 1. The highest BCUT2D eigenvalue weighted by Gasteiger charge is 2.14. The topological polar surface area (TPSA) is 41.8 Å². The molecule has 0 fully saturated rings. The number of aryl methyl sites for hydroxylation is 2. The highest BCUT2D eigenvalue weighted by atomic mass is 79.9. The smallest absolute Gasteiger partial charge is 0.0497 e. The fourth-order valence-electron chi connectivity index (χ4n) is 3.23. The van der Waals surface area contributed by atoms with Gasteiger partial charge in [0.25, 0.3) is 0 Å². The fraction of sp³-hybridized carbons (Fsp3) is 0.300. The molecule has 120 valence electrons. The lowest BCUT2D eigenvalue weighted by molar-refractivity contribution is 0.748. The third-order valence-corrected chi connectivity index (χ3v) is 4.90. The van der Waals surface area contributed by atoms with Crippen molar-refractivity contribution in [2.45, 2.75) is 32.6 Å². The Labute approximate surface area is 146 Å². The van der Waals surface area contributed by atoms with E-state index in [0.29, 0.717) is 0 Å². The van der Waals surface area contributed by atoms with Crippen LogP contribution in [0.25, 0.3) is 22.2 Å². The normalized spacial score (nSPS) is 11.3. The van der Waals surface area contributed by atoms with Crippen LogP contribution in [0.3, 0.4) is 0 Å². The van der Waals surface area contributed by atoms with E-state index in [1.54, 1.807) is 0 Å². The van der Waals surface area contributed by atoms with Crippen molar-refractivity contribution in [3.8, 4) is 11.3 Å². The summed E-state index contributed by atoms with van der Waals surface area (Å²) in [6, 6.07) is 15.1. The number of aromatic nitrogens is 1. The van der Waals surface area contributed by atoms with E-state index in [2.05, 4.69) is 70.3 Å². The monoisotopic (exact) mass is 370 g/mol. The van der Waals surface area contributed by atoms with Crippen LogP contribution in [0.1, 0.15) is 30.9 Å². The number of unbranched alkanes of at least 4 members (excludes halogenated alkanes) is 1. The van der Waals surface area contributed by atoms with Gasteiger partial charge in [-0.3, -0.25) is 0 Å². The Kier molecular flexibility index (Phi) is 5.19. The molecule has 0 aliphatic carbocycles. The van der Waals surface area contributed by atoms with Crippen molar-refractivity contribution >= 4 is 26.8 Å². The zero-order valence-corrected chi connectivity index (χ0v) is 15.1. The molecule has 1 aromatic heterocycles. The molecule has 3 aromatic rings. The molecule has 3 heteroatoms. The minimum Gasteiger partial charge on any atom is -0.354 e. The molecule has 3 N–H and O–H groups in total. The first-order valence-corrected chi connectivity index (χ1v) is 9.12. The maximum absolute atomic E-state index is 5.68. The lowest BCUT2D eigenvalue weighted by Crippen LogP contribution is -1.99. The molecule has 0 bridgehead atoms. The summed E-state index contributed by atoms with van der Waals surface area (Å²) >= 11 is 3.59. The largest absolute Gasteiger partial charge is 0.354 e. The van der Waals surface area contributed by atoms with Crippen molar-refractivity contribution in [3.63, 3.8) is 0 Å². The third-order valence-electron chi connectivity index (χ3n) is 4.40. The second-order valence-electron chi connectivity index (χ2n) is 5.93. The Morgan fingerprint density at radius 3 is 2.65 bits per heavy atom. The number of hydrogen-bond acceptors (Lipinski definition) is 1. The molecule has 2 nitrogen and oxygen atoms in total. The molecule has 23 heavy (non-hydrogen) atoms. The maximum Gasteiger partial charge on any atom is 0.0497 e. The number of fused-ring (bicyclic) bond motifs is 1. The highest BCUT2D eigenvalue weighted by Crippen LogP contribution is 2.34. The molecule has 1 heterocycles. The summed E-state index contributed by atoms with van der Waals surface area (Å²) in [4.78, 5) is 3.70. The Hall–Kier alpha value is -1.58. The fourth-order valence-corrected chi connectivity index (χ4v) is 3.62. The van der Waals surface area contributed by atoms with Gasteiger partial charge in [0.05, 0.1) is 0 Å². The van der Waals surface area contributed by atoms with Crippen molar-refractivity contribution in [2.75, 3.05) is 6.54 Å². The Morgan fingerprint density at radius 2 is 1.91 bits per heavy atom. The minimum atomic E-state index is 0.759. The Balaban J connectivity index is 2.16. The van der Waals surface area contributed by atoms with Gasteiger partial charge in [-0.1, -0.05) is 53.2 Å². The van der Waals surface area contributed by atoms with Crippen LogP contribution in [0.15, 0.2) is 46.9 Å². The van der Waals surface area contributed by atoms with Gasteiger partial charge >= 0.3 is 0 Å². The van der Waals surface area contributed by atoms with Crippen LogP contribution >= 0.6 is 15.9 Å². The molecule has 0 atom stereocenters. The molecule has 0 amide bonds. The molecule has 0 aliphatic heterocycles. The van der Waals surface area contributed by atoms with E-state index in [1.165, 1.54) is 33.3 Å². The number of rotatable bonds is 6. The number of halogens is 1. The lowest BCUT2D eigenvalue weighted by Gasteiger charge is -2.06. The minimum absolute atomic E-state index is 0.759. The summed E-state index contributed by atoms with van der Waals surface area (Å²) < 4.78 is 1.11. The first kappa shape index (κ1) is 16.3. The van der Waals surface area contributed by atoms with Crippen molar-refractivity contribution in [1.82, 2.24) is 4.98 Å². The summed E-state index contributed by atoms with van der Waals surface area (Å²) in [5.74, 6) is 0. The van der Waals surface area contributed by atoms with Gasteiger partial charge in [0, 0.05) is 21.1 Å². The summed E-state index contributed by atoms with van der Waals surface area (Å²) in [5.41, 5.74) is 12.2.